The second kappa shape index (κ2) is 7.65. The predicted molar refractivity (Wildman–Crippen MR) is 92.9 cm³/mol. The van der Waals surface area contributed by atoms with Crippen LogP contribution in [-0.2, 0) is 7.05 Å². The molecule has 2 aromatic rings. The van der Waals surface area contributed by atoms with Crippen molar-refractivity contribution in [1.82, 2.24) is 20.1 Å². The highest BCUT2D eigenvalue weighted by molar-refractivity contribution is 6.30. The number of rotatable bonds is 4. The first-order valence-electron chi connectivity index (χ1n) is 8.15. The minimum atomic E-state index is -0.265. The molecule has 2 heterocycles. The van der Waals surface area contributed by atoms with Crippen molar-refractivity contribution in [2.24, 2.45) is 7.05 Å². The maximum Gasteiger partial charge on any atom is 0.271 e. The number of amides is 1. The summed E-state index contributed by atoms with van der Waals surface area (Å²) in [4.78, 5) is 27.7. The molecule has 132 valence electrons. The molecule has 0 spiro atoms. The summed E-state index contributed by atoms with van der Waals surface area (Å²) in [6.07, 6.45) is 4.93. The molecule has 1 aliphatic carbocycles. The van der Waals surface area contributed by atoms with Gasteiger partial charge in [-0.25, -0.2) is 9.67 Å². The molecule has 25 heavy (non-hydrogen) atoms. The van der Waals surface area contributed by atoms with E-state index in [-0.39, 0.29) is 29.3 Å². The Morgan fingerprint density at radius 2 is 2.00 bits per heavy atom. The third-order valence-corrected chi connectivity index (χ3v) is 4.41. The summed E-state index contributed by atoms with van der Waals surface area (Å²) in [6.45, 7) is 0. The van der Waals surface area contributed by atoms with Crippen molar-refractivity contribution < 1.29 is 9.53 Å². The van der Waals surface area contributed by atoms with E-state index in [0.717, 1.165) is 30.4 Å². The van der Waals surface area contributed by atoms with E-state index >= 15 is 0 Å². The van der Waals surface area contributed by atoms with Gasteiger partial charge in [-0.15, -0.1) is 0 Å². The molecule has 2 aromatic heterocycles. The first-order chi connectivity index (χ1) is 12.0. The van der Waals surface area contributed by atoms with Crippen LogP contribution < -0.4 is 15.6 Å². The molecule has 0 aromatic carbocycles. The van der Waals surface area contributed by atoms with E-state index in [2.05, 4.69) is 15.4 Å². The van der Waals surface area contributed by atoms with E-state index in [1.165, 1.54) is 19.2 Å². The Morgan fingerprint density at radius 1 is 1.24 bits per heavy atom. The van der Waals surface area contributed by atoms with E-state index in [9.17, 15) is 9.59 Å². The molecule has 1 aliphatic rings. The summed E-state index contributed by atoms with van der Waals surface area (Å²) in [5, 5.41) is 7.51. The SMILES string of the molecule is Cn1nc(C(=O)NC2CCC(Oc3ccc(Cl)cn3)CC2)ccc1=O. The van der Waals surface area contributed by atoms with Gasteiger partial charge in [-0.2, -0.15) is 5.10 Å². The zero-order chi connectivity index (χ0) is 17.8. The summed E-state index contributed by atoms with van der Waals surface area (Å²) in [5.41, 5.74) is -0.00384. The number of carbonyl (C=O) groups is 1. The van der Waals surface area contributed by atoms with Gasteiger partial charge in [0.1, 0.15) is 11.8 Å². The third-order valence-electron chi connectivity index (χ3n) is 4.19. The minimum Gasteiger partial charge on any atom is -0.474 e. The Kier molecular flexibility index (Phi) is 5.33. The van der Waals surface area contributed by atoms with E-state index in [1.807, 2.05) is 0 Å². The largest absolute Gasteiger partial charge is 0.474 e. The zero-order valence-corrected chi connectivity index (χ0v) is 14.6. The van der Waals surface area contributed by atoms with Crippen LogP contribution in [0.3, 0.4) is 0 Å². The molecular formula is C17H19ClN4O3. The number of aryl methyl sites for hydroxylation is 1. The number of nitrogens with zero attached hydrogens (tertiary/aromatic N) is 3. The Bertz CT molecular complexity index is 798. The lowest BCUT2D eigenvalue weighted by Crippen LogP contribution is -2.40. The molecule has 0 saturated heterocycles. The van der Waals surface area contributed by atoms with Crippen molar-refractivity contribution in [3.05, 3.63) is 51.5 Å². The molecule has 0 aliphatic heterocycles. The van der Waals surface area contributed by atoms with Crippen LogP contribution in [0.2, 0.25) is 5.02 Å². The first kappa shape index (κ1) is 17.4. The van der Waals surface area contributed by atoms with Gasteiger partial charge < -0.3 is 10.1 Å². The van der Waals surface area contributed by atoms with E-state index in [1.54, 1.807) is 18.3 Å². The number of carbonyl (C=O) groups excluding carboxylic acids is 1. The summed E-state index contributed by atoms with van der Waals surface area (Å²) in [6, 6.07) is 6.35. The molecule has 1 amide bonds. The monoisotopic (exact) mass is 362 g/mol. The highest BCUT2D eigenvalue weighted by Crippen LogP contribution is 2.23. The Balaban J connectivity index is 1.50. The van der Waals surface area contributed by atoms with E-state index in [0.29, 0.717) is 10.9 Å². The summed E-state index contributed by atoms with van der Waals surface area (Å²) >= 11 is 5.81. The van der Waals surface area contributed by atoms with Gasteiger partial charge in [0.05, 0.1) is 5.02 Å². The molecule has 3 rings (SSSR count). The molecule has 1 N–H and O–H groups in total. The van der Waals surface area contributed by atoms with Crippen LogP contribution in [0.1, 0.15) is 36.2 Å². The average Bonchev–Trinajstić information content (AvgIpc) is 2.61. The van der Waals surface area contributed by atoms with Gasteiger partial charge >= 0.3 is 0 Å². The second-order valence-corrected chi connectivity index (χ2v) is 6.50. The third kappa shape index (κ3) is 4.57. The van der Waals surface area contributed by atoms with Crippen LogP contribution in [0.5, 0.6) is 5.88 Å². The molecule has 1 fully saturated rings. The molecule has 8 heteroatoms. The Morgan fingerprint density at radius 3 is 2.64 bits per heavy atom. The van der Waals surface area contributed by atoms with Gasteiger partial charge in [0.15, 0.2) is 0 Å². The maximum atomic E-state index is 12.2. The predicted octanol–water partition coefficient (Wildman–Crippen LogP) is 1.95. The van der Waals surface area contributed by atoms with E-state index < -0.39 is 0 Å². The van der Waals surface area contributed by atoms with Crippen molar-refractivity contribution in [2.75, 3.05) is 0 Å². The van der Waals surface area contributed by atoms with Crippen molar-refractivity contribution >= 4 is 17.5 Å². The van der Waals surface area contributed by atoms with Crippen molar-refractivity contribution in [2.45, 2.75) is 37.8 Å². The Hall–Kier alpha value is -2.41. The van der Waals surface area contributed by atoms with Crippen LogP contribution in [-0.4, -0.2) is 32.8 Å². The molecule has 1 saturated carbocycles. The quantitative estimate of drug-likeness (QED) is 0.898. The highest BCUT2D eigenvalue weighted by atomic mass is 35.5. The van der Waals surface area contributed by atoms with Gasteiger partial charge in [0.25, 0.3) is 11.5 Å². The van der Waals surface area contributed by atoms with Gasteiger partial charge in [-0.3, -0.25) is 9.59 Å². The fourth-order valence-electron chi connectivity index (χ4n) is 2.81. The summed E-state index contributed by atoms with van der Waals surface area (Å²) < 4.78 is 7.00. The number of halogens is 1. The van der Waals surface area contributed by atoms with Gasteiger partial charge in [-0.05, 0) is 37.8 Å². The number of ether oxygens (including phenoxy) is 1. The lowest BCUT2D eigenvalue weighted by molar-refractivity contribution is 0.0883. The number of nitrogens with one attached hydrogen (secondary N) is 1. The zero-order valence-electron chi connectivity index (χ0n) is 13.8. The normalized spacial score (nSPS) is 20.1. The van der Waals surface area contributed by atoms with Crippen LogP contribution in [0, 0.1) is 0 Å². The van der Waals surface area contributed by atoms with Crippen molar-refractivity contribution in [1.29, 1.82) is 0 Å². The second-order valence-electron chi connectivity index (χ2n) is 6.06. The Labute approximate surface area is 150 Å². The van der Waals surface area contributed by atoms with Crippen LogP contribution in [0.4, 0.5) is 0 Å². The average molecular weight is 363 g/mol. The highest BCUT2D eigenvalue weighted by Gasteiger charge is 2.24. The number of hydrogen-bond donors (Lipinski definition) is 1. The first-order valence-corrected chi connectivity index (χ1v) is 8.52. The summed E-state index contributed by atoms with van der Waals surface area (Å²) in [5.74, 6) is 0.297. The van der Waals surface area contributed by atoms with Crippen molar-refractivity contribution in [3.63, 3.8) is 0 Å². The fourth-order valence-corrected chi connectivity index (χ4v) is 2.92. The van der Waals surface area contributed by atoms with Gasteiger partial charge in [-0.1, -0.05) is 11.6 Å². The van der Waals surface area contributed by atoms with Gasteiger partial charge in [0, 0.05) is 31.4 Å². The van der Waals surface area contributed by atoms with Gasteiger partial charge in [0.2, 0.25) is 5.88 Å². The minimum absolute atomic E-state index is 0.0737. The van der Waals surface area contributed by atoms with Crippen molar-refractivity contribution in [3.8, 4) is 5.88 Å². The number of aromatic nitrogens is 3. The standard InChI is InChI=1S/C17H19ClN4O3/c1-22-16(23)9-7-14(21-22)17(24)20-12-3-5-13(6-4-12)25-15-8-2-11(18)10-19-15/h2,7-10,12-13H,3-6H2,1H3,(H,20,24). The molecular weight excluding hydrogens is 344 g/mol. The topological polar surface area (TPSA) is 86.1 Å². The number of pyridine rings is 1. The molecule has 7 nitrogen and oxygen atoms in total. The molecule has 0 unspecified atom stereocenters. The molecule has 0 radical (unpaired) electrons. The van der Waals surface area contributed by atoms with Crippen LogP contribution in [0.15, 0.2) is 35.3 Å². The van der Waals surface area contributed by atoms with Crippen LogP contribution >= 0.6 is 11.6 Å². The lowest BCUT2D eigenvalue weighted by Gasteiger charge is -2.29. The smallest absolute Gasteiger partial charge is 0.271 e. The lowest BCUT2D eigenvalue weighted by atomic mass is 9.93. The maximum absolute atomic E-state index is 12.2. The number of hydrogen-bond acceptors (Lipinski definition) is 5. The summed E-state index contributed by atoms with van der Waals surface area (Å²) in [7, 11) is 1.52. The molecule has 0 bridgehead atoms. The van der Waals surface area contributed by atoms with E-state index in [4.69, 9.17) is 16.3 Å². The fraction of sp³-hybridized carbons (Fsp3) is 0.412. The molecule has 0 atom stereocenters. The van der Waals surface area contributed by atoms with Crippen LogP contribution in [0.25, 0.3) is 0 Å².